The van der Waals surface area contributed by atoms with Crippen LogP contribution in [0.25, 0.3) is 0 Å². The summed E-state index contributed by atoms with van der Waals surface area (Å²) in [5.74, 6) is -0.158. The van der Waals surface area contributed by atoms with Crippen molar-refractivity contribution in [3.05, 3.63) is 0 Å². The van der Waals surface area contributed by atoms with Crippen molar-refractivity contribution in [3.8, 4) is 0 Å². The van der Waals surface area contributed by atoms with E-state index < -0.39 is 20.0 Å². The van der Waals surface area contributed by atoms with Crippen molar-refractivity contribution in [2.75, 3.05) is 40.9 Å². The molecular formula is C50H103N2O6P. The quantitative estimate of drug-likeness (QED) is 0.0358. The Morgan fingerprint density at radius 3 is 1.15 bits per heavy atom. The second kappa shape index (κ2) is 42.8. The standard InChI is InChI=1S/C50H103N2O6P/c1-6-8-10-12-14-16-18-20-22-24-26-27-29-31-33-35-37-39-41-43-49(53)48(47-58-59(55,56)57-46-45-52(3,4)5)51-50(54)44-42-40-38-36-34-32-30-28-25-23-21-19-17-15-13-11-9-7-2/h48-49,53H,6-47H2,1-5H3,(H-,51,54,55,56). The number of carbonyl (C=O) groups is 1. The predicted octanol–water partition coefficient (Wildman–Crippen LogP) is 14.3. The molecule has 8 nitrogen and oxygen atoms in total. The fourth-order valence-corrected chi connectivity index (χ4v) is 8.71. The largest absolute Gasteiger partial charge is 0.756 e. The van der Waals surface area contributed by atoms with Gasteiger partial charge in [-0.3, -0.25) is 9.36 Å². The molecule has 0 aromatic carbocycles. The zero-order valence-corrected chi connectivity index (χ0v) is 41.1. The van der Waals surface area contributed by atoms with Crippen LogP contribution in [0.15, 0.2) is 0 Å². The lowest BCUT2D eigenvalue weighted by molar-refractivity contribution is -0.870. The predicted molar refractivity (Wildman–Crippen MR) is 252 cm³/mol. The van der Waals surface area contributed by atoms with E-state index in [0.717, 1.165) is 38.5 Å². The van der Waals surface area contributed by atoms with Crippen LogP contribution >= 0.6 is 7.82 Å². The summed E-state index contributed by atoms with van der Waals surface area (Å²) in [6.45, 7) is 4.76. The first-order chi connectivity index (χ1) is 28.5. The number of aliphatic hydroxyl groups is 1. The van der Waals surface area contributed by atoms with Gasteiger partial charge >= 0.3 is 0 Å². The van der Waals surface area contributed by atoms with E-state index in [0.29, 0.717) is 23.9 Å². The number of aliphatic hydroxyl groups excluding tert-OH is 1. The van der Waals surface area contributed by atoms with Gasteiger partial charge in [0, 0.05) is 6.42 Å². The fourth-order valence-electron chi connectivity index (χ4n) is 7.98. The molecule has 3 atom stereocenters. The van der Waals surface area contributed by atoms with Gasteiger partial charge in [-0.2, -0.15) is 0 Å². The first kappa shape index (κ1) is 58.5. The Balaban J connectivity index is 4.22. The zero-order chi connectivity index (χ0) is 43.6. The Hall–Kier alpha value is -0.500. The minimum atomic E-state index is -4.56. The molecule has 59 heavy (non-hydrogen) atoms. The van der Waals surface area contributed by atoms with Crippen molar-refractivity contribution in [1.82, 2.24) is 5.32 Å². The molecule has 0 saturated heterocycles. The van der Waals surface area contributed by atoms with E-state index in [4.69, 9.17) is 9.05 Å². The third-order valence-corrected chi connectivity index (χ3v) is 13.1. The van der Waals surface area contributed by atoms with Crippen LogP contribution in [0.1, 0.15) is 264 Å². The summed E-state index contributed by atoms with van der Waals surface area (Å²) in [5, 5.41) is 14.0. The highest BCUT2D eigenvalue weighted by Gasteiger charge is 2.24. The molecule has 0 aromatic rings. The summed E-state index contributed by atoms with van der Waals surface area (Å²) in [7, 11) is 1.32. The number of rotatable bonds is 48. The number of amides is 1. The molecule has 9 heteroatoms. The number of phosphoric acid groups is 1. The van der Waals surface area contributed by atoms with Gasteiger partial charge in [-0.05, 0) is 12.8 Å². The van der Waals surface area contributed by atoms with E-state index in [1.807, 2.05) is 21.1 Å². The average molecular weight is 859 g/mol. The third-order valence-electron chi connectivity index (χ3n) is 12.1. The molecule has 0 rings (SSSR count). The van der Waals surface area contributed by atoms with E-state index in [1.165, 1.54) is 199 Å². The van der Waals surface area contributed by atoms with Crippen molar-refractivity contribution in [1.29, 1.82) is 0 Å². The molecule has 0 bridgehead atoms. The normalized spacial score (nSPS) is 14.1. The Morgan fingerprint density at radius 1 is 0.525 bits per heavy atom. The molecule has 354 valence electrons. The second-order valence-corrected chi connectivity index (χ2v) is 20.7. The molecule has 0 radical (unpaired) electrons. The van der Waals surface area contributed by atoms with E-state index >= 15 is 0 Å². The topological polar surface area (TPSA) is 108 Å². The maximum Gasteiger partial charge on any atom is 0.268 e. The first-order valence-electron chi connectivity index (χ1n) is 25.9. The number of unbranched alkanes of at least 4 members (excludes halogenated alkanes) is 35. The van der Waals surface area contributed by atoms with Gasteiger partial charge in [-0.15, -0.1) is 0 Å². The molecule has 0 aliphatic heterocycles. The van der Waals surface area contributed by atoms with Gasteiger partial charge in [-0.25, -0.2) is 0 Å². The Bertz CT molecular complexity index is 932. The number of likely N-dealkylation sites (N-methyl/N-ethyl adjacent to an activating group) is 1. The summed E-state index contributed by atoms with van der Waals surface area (Å²) >= 11 is 0. The van der Waals surface area contributed by atoms with Crippen LogP contribution in [0.2, 0.25) is 0 Å². The highest BCUT2D eigenvalue weighted by atomic mass is 31.2. The van der Waals surface area contributed by atoms with Gasteiger partial charge in [0.1, 0.15) is 13.2 Å². The summed E-state index contributed by atoms with van der Waals surface area (Å²) in [4.78, 5) is 25.4. The third kappa shape index (κ3) is 45.3. The molecule has 0 aliphatic rings. The Kier molecular flexibility index (Phi) is 42.4. The van der Waals surface area contributed by atoms with Crippen LogP contribution in [0, 0.1) is 0 Å². The maximum atomic E-state index is 12.9. The van der Waals surface area contributed by atoms with Gasteiger partial charge in [0.15, 0.2) is 0 Å². The van der Waals surface area contributed by atoms with E-state index in [-0.39, 0.29) is 19.1 Å². The summed E-state index contributed by atoms with van der Waals surface area (Å²) in [5.41, 5.74) is 0. The molecular weight excluding hydrogens is 756 g/mol. The Labute approximate surface area is 368 Å². The van der Waals surface area contributed by atoms with Crippen molar-refractivity contribution in [3.63, 3.8) is 0 Å². The lowest BCUT2D eigenvalue weighted by Crippen LogP contribution is -2.46. The lowest BCUT2D eigenvalue weighted by Gasteiger charge is -2.30. The van der Waals surface area contributed by atoms with Crippen molar-refractivity contribution >= 4 is 13.7 Å². The fraction of sp³-hybridized carbons (Fsp3) is 0.980. The molecule has 0 aliphatic carbocycles. The smallest absolute Gasteiger partial charge is 0.268 e. The van der Waals surface area contributed by atoms with Crippen LogP contribution in [-0.4, -0.2) is 68.5 Å². The van der Waals surface area contributed by atoms with Gasteiger partial charge in [0.2, 0.25) is 5.91 Å². The zero-order valence-electron chi connectivity index (χ0n) is 40.2. The van der Waals surface area contributed by atoms with E-state index in [9.17, 15) is 19.4 Å². The van der Waals surface area contributed by atoms with Crippen LogP contribution in [0.5, 0.6) is 0 Å². The summed E-state index contributed by atoms with van der Waals surface area (Å²) < 4.78 is 23.4. The summed E-state index contributed by atoms with van der Waals surface area (Å²) in [6.07, 6.45) is 48.2. The van der Waals surface area contributed by atoms with Gasteiger partial charge in [-0.1, -0.05) is 245 Å². The average Bonchev–Trinajstić information content (AvgIpc) is 3.19. The SMILES string of the molecule is CCCCCCCCCCCCCCCCCCCCCC(O)C(COP(=O)([O-])OCC[N+](C)(C)C)NC(=O)CCCCCCCCCCCCCCCCCCCC. The summed E-state index contributed by atoms with van der Waals surface area (Å²) in [6, 6.07) is -0.794. The number of carbonyl (C=O) groups excluding carboxylic acids is 1. The van der Waals surface area contributed by atoms with Crippen LogP contribution in [0.4, 0.5) is 0 Å². The lowest BCUT2D eigenvalue weighted by atomic mass is 10.0. The highest BCUT2D eigenvalue weighted by molar-refractivity contribution is 7.45. The van der Waals surface area contributed by atoms with Crippen molar-refractivity contribution in [2.24, 2.45) is 0 Å². The molecule has 0 aromatic heterocycles. The van der Waals surface area contributed by atoms with Crippen molar-refractivity contribution in [2.45, 2.75) is 276 Å². The monoisotopic (exact) mass is 859 g/mol. The number of hydrogen-bond donors (Lipinski definition) is 2. The minimum absolute atomic E-state index is 0.0164. The van der Waals surface area contributed by atoms with Crippen molar-refractivity contribution < 1.29 is 32.9 Å². The molecule has 2 N–H and O–H groups in total. The van der Waals surface area contributed by atoms with Crippen LogP contribution < -0.4 is 10.2 Å². The van der Waals surface area contributed by atoms with E-state index in [2.05, 4.69) is 19.2 Å². The number of hydrogen-bond acceptors (Lipinski definition) is 6. The first-order valence-corrected chi connectivity index (χ1v) is 27.3. The molecule has 0 saturated carbocycles. The van der Waals surface area contributed by atoms with Gasteiger partial charge in [0.25, 0.3) is 7.82 Å². The van der Waals surface area contributed by atoms with E-state index in [1.54, 1.807) is 0 Å². The van der Waals surface area contributed by atoms with Crippen LogP contribution in [0.3, 0.4) is 0 Å². The second-order valence-electron chi connectivity index (χ2n) is 19.2. The molecule has 0 fully saturated rings. The Morgan fingerprint density at radius 2 is 0.831 bits per heavy atom. The molecule has 0 heterocycles. The van der Waals surface area contributed by atoms with Gasteiger partial charge < -0.3 is 28.8 Å². The number of nitrogens with zero attached hydrogens (tertiary/aromatic N) is 1. The maximum absolute atomic E-state index is 12.9. The van der Waals surface area contributed by atoms with Crippen LogP contribution in [-0.2, 0) is 18.4 Å². The highest BCUT2D eigenvalue weighted by Crippen LogP contribution is 2.38. The molecule has 0 spiro atoms. The number of phosphoric ester groups is 1. The molecule has 1 amide bonds. The minimum Gasteiger partial charge on any atom is -0.756 e. The number of quaternary nitrogens is 1. The molecule has 3 unspecified atom stereocenters. The number of nitrogens with one attached hydrogen (secondary N) is 1. The van der Waals surface area contributed by atoms with Gasteiger partial charge in [0.05, 0.1) is 39.9 Å².